The number of amidine groups is 1. The quantitative estimate of drug-likeness (QED) is 0.702. The number of carbonyl (C=O) groups excluding carboxylic acids is 2. The summed E-state index contributed by atoms with van der Waals surface area (Å²) in [5.74, 6) is -0.271. The van der Waals surface area contributed by atoms with Crippen LogP contribution in [-0.4, -0.2) is 34.3 Å². The van der Waals surface area contributed by atoms with Crippen LogP contribution in [0, 0.1) is 0 Å². The standard InChI is InChI=1S/C21H17ClN2O3S/c1-2-27-20(26)17-18(13-6-4-3-5-7-13)23-21-24(16(25)12-28-21)19(17)14-8-10-15(22)11-9-14/h3-11,19H,2,12H2,1H3/t19-/m0/s1. The summed E-state index contributed by atoms with van der Waals surface area (Å²) in [5.41, 5.74) is 2.48. The molecule has 5 nitrogen and oxygen atoms in total. The Morgan fingerprint density at radius 2 is 1.93 bits per heavy atom. The molecule has 1 amide bonds. The zero-order valence-electron chi connectivity index (χ0n) is 15.1. The van der Waals surface area contributed by atoms with Crippen molar-refractivity contribution >= 4 is 46.1 Å². The molecule has 1 fully saturated rings. The minimum atomic E-state index is -0.610. The van der Waals surface area contributed by atoms with Gasteiger partial charge >= 0.3 is 5.97 Å². The Kier molecular flexibility index (Phi) is 5.24. The van der Waals surface area contributed by atoms with Gasteiger partial charge in [0, 0.05) is 10.6 Å². The summed E-state index contributed by atoms with van der Waals surface area (Å²) in [6, 6.07) is 16.0. The third-order valence-electron chi connectivity index (χ3n) is 4.52. The fraction of sp³-hybridized carbons (Fsp3) is 0.190. The number of fused-ring (bicyclic) bond motifs is 1. The van der Waals surface area contributed by atoms with Gasteiger partial charge < -0.3 is 4.74 Å². The first-order chi connectivity index (χ1) is 13.6. The van der Waals surface area contributed by atoms with Crippen molar-refractivity contribution in [2.75, 3.05) is 12.4 Å². The summed E-state index contributed by atoms with van der Waals surface area (Å²) in [6.45, 7) is 1.99. The largest absolute Gasteiger partial charge is 0.463 e. The molecule has 0 saturated carbocycles. The van der Waals surface area contributed by atoms with Crippen LogP contribution in [0.1, 0.15) is 24.1 Å². The number of amides is 1. The lowest BCUT2D eigenvalue weighted by Gasteiger charge is -2.33. The third kappa shape index (κ3) is 3.34. The van der Waals surface area contributed by atoms with Gasteiger partial charge in [-0.3, -0.25) is 9.69 Å². The highest BCUT2D eigenvalue weighted by molar-refractivity contribution is 8.15. The van der Waals surface area contributed by atoms with E-state index >= 15 is 0 Å². The zero-order chi connectivity index (χ0) is 19.7. The number of rotatable bonds is 4. The molecular formula is C21H17ClN2O3S. The number of halogens is 1. The highest BCUT2D eigenvalue weighted by Crippen LogP contribution is 2.43. The second-order valence-electron chi connectivity index (χ2n) is 6.25. The number of benzene rings is 2. The number of carbonyl (C=O) groups is 2. The number of esters is 1. The van der Waals surface area contributed by atoms with Crippen LogP contribution < -0.4 is 0 Å². The normalized spacial score (nSPS) is 18.8. The van der Waals surface area contributed by atoms with Crippen LogP contribution in [0.2, 0.25) is 5.02 Å². The summed E-state index contributed by atoms with van der Waals surface area (Å²) in [6.07, 6.45) is 0. The first-order valence-corrected chi connectivity index (χ1v) is 10.2. The first-order valence-electron chi connectivity index (χ1n) is 8.86. The van der Waals surface area contributed by atoms with Crippen molar-refractivity contribution in [1.82, 2.24) is 4.90 Å². The molecule has 142 valence electrons. The molecule has 28 heavy (non-hydrogen) atoms. The number of hydrogen-bond acceptors (Lipinski definition) is 5. The maximum Gasteiger partial charge on any atom is 0.338 e. The van der Waals surface area contributed by atoms with E-state index in [-0.39, 0.29) is 12.5 Å². The van der Waals surface area contributed by atoms with Crippen molar-refractivity contribution < 1.29 is 14.3 Å². The van der Waals surface area contributed by atoms with E-state index in [0.29, 0.717) is 27.2 Å². The molecule has 4 rings (SSSR count). The number of ether oxygens (including phenoxy) is 1. The van der Waals surface area contributed by atoms with Crippen molar-refractivity contribution in [3.05, 3.63) is 76.3 Å². The molecule has 0 radical (unpaired) electrons. The maximum absolute atomic E-state index is 13.0. The van der Waals surface area contributed by atoms with Gasteiger partial charge in [0.25, 0.3) is 0 Å². The van der Waals surface area contributed by atoms with Crippen molar-refractivity contribution in [1.29, 1.82) is 0 Å². The molecule has 2 aliphatic rings. The van der Waals surface area contributed by atoms with E-state index < -0.39 is 12.0 Å². The third-order valence-corrected chi connectivity index (χ3v) is 5.71. The van der Waals surface area contributed by atoms with Crippen LogP contribution in [0.15, 0.2) is 65.2 Å². The van der Waals surface area contributed by atoms with Gasteiger partial charge in [-0.05, 0) is 24.6 Å². The van der Waals surface area contributed by atoms with E-state index in [0.717, 1.165) is 11.1 Å². The monoisotopic (exact) mass is 412 g/mol. The summed E-state index contributed by atoms with van der Waals surface area (Å²) < 4.78 is 5.36. The molecule has 1 saturated heterocycles. The molecule has 0 aliphatic carbocycles. The lowest BCUT2D eigenvalue weighted by Crippen LogP contribution is -2.39. The Labute approximate surface area is 172 Å². The van der Waals surface area contributed by atoms with Gasteiger partial charge in [-0.2, -0.15) is 0 Å². The van der Waals surface area contributed by atoms with Gasteiger partial charge in [-0.1, -0.05) is 65.8 Å². The van der Waals surface area contributed by atoms with Gasteiger partial charge in [-0.25, -0.2) is 9.79 Å². The Morgan fingerprint density at radius 3 is 2.61 bits per heavy atom. The van der Waals surface area contributed by atoms with Gasteiger partial charge in [0.1, 0.15) is 0 Å². The van der Waals surface area contributed by atoms with Crippen LogP contribution in [0.25, 0.3) is 5.70 Å². The Morgan fingerprint density at radius 1 is 1.21 bits per heavy atom. The lowest BCUT2D eigenvalue weighted by molar-refractivity contribution is -0.139. The van der Waals surface area contributed by atoms with E-state index in [1.54, 1.807) is 24.0 Å². The molecule has 2 aliphatic heterocycles. The Bertz CT molecular complexity index is 986. The minimum Gasteiger partial charge on any atom is -0.463 e. The van der Waals surface area contributed by atoms with E-state index in [2.05, 4.69) is 4.99 Å². The molecule has 2 aromatic carbocycles. The number of nitrogens with zero attached hydrogens (tertiary/aromatic N) is 2. The molecule has 0 N–H and O–H groups in total. The topological polar surface area (TPSA) is 59.0 Å². The van der Waals surface area contributed by atoms with Crippen LogP contribution >= 0.6 is 23.4 Å². The van der Waals surface area contributed by atoms with E-state index in [1.807, 2.05) is 42.5 Å². The predicted octanol–water partition coefficient (Wildman–Crippen LogP) is 4.30. The molecule has 2 aromatic rings. The summed E-state index contributed by atoms with van der Waals surface area (Å²) in [4.78, 5) is 31.9. The molecule has 7 heteroatoms. The van der Waals surface area contributed by atoms with Crippen LogP contribution in [0.3, 0.4) is 0 Å². The molecule has 1 atom stereocenters. The summed E-state index contributed by atoms with van der Waals surface area (Å²) in [5, 5.41) is 1.18. The average Bonchev–Trinajstić information content (AvgIpc) is 3.09. The van der Waals surface area contributed by atoms with Crippen LogP contribution in [0.5, 0.6) is 0 Å². The molecule has 0 unspecified atom stereocenters. The van der Waals surface area contributed by atoms with Crippen LogP contribution in [-0.2, 0) is 14.3 Å². The predicted molar refractivity (Wildman–Crippen MR) is 111 cm³/mol. The van der Waals surface area contributed by atoms with Crippen molar-refractivity contribution in [2.24, 2.45) is 4.99 Å². The van der Waals surface area contributed by atoms with E-state index in [9.17, 15) is 9.59 Å². The highest BCUT2D eigenvalue weighted by Gasteiger charge is 2.44. The Balaban J connectivity index is 1.96. The fourth-order valence-electron chi connectivity index (χ4n) is 3.32. The Hall–Kier alpha value is -2.57. The maximum atomic E-state index is 13.0. The zero-order valence-corrected chi connectivity index (χ0v) is 16.7. The average molecular weight is 413 g/mol. The van der Waals surface area contributed by atoms with Crippen molar-refractivity contribution in [3.8, 4) is 0 Å². The van der Waals surface area contributed by atoms with Gasteiger partial charge in [0.15, 0.2) is 5.17 Å². The van der Waals surface area contributed by atoms with E-state index in [4.69, 9.17) is 16.3 Å². The number of thioether (sulfide) groups is 1. The second kappa shape index (κ2) is 7.81. The molecular weight excluding hydrogens is 396 g/mol. The lowest BCUT2D eigenvalue weighted by atomic mass is 9.92. The highest BCUT2D eigenvalue weighted by atomic mass is 35.5. The van der Waals surface area contributed by atoms with Gasteiger partial charge in [0.2, 0.25) is 5.91 Å². The molecule has 2 heterocycles. The van der Waals surface area contributed by atoms with Crippen molar-refractivity contribution in [3.63, 3.8) is 0 Å². The summed E-state index contributed by atoms with van der Waals surface area (Å²) in [7, 11) is 0. The van der Waals surface area contributed by atoms with Crippen LogP contribution in [0.4, 0.5) is 0 Å². The number of aliphatic imine (C=N–C) groups is 1. The van der Waals surface area contributed by atoms with Gasteiger partial charge in [0.05, 0.1) is 29.7 Å². The molecule has 0 spiro atoms. The smallest absolute Gasteiger partial charge is 0.338 e. The summed E-state index contributed by atoms with van der Waals surface area (Å²) >= 11 is 7.43. The minimum absolute atomic E-state index is 0.0855. The second-order valence-corrected chi connectivity index (χ2v) is 7.63. The van der Waals surface area contributed by atoms with Crippen molar-refractivity contribution in [2.45, 2.75) is 13.0 Å². The molecule has 0 bridgehead atoms. The number of hydrogen-bond donors (Lipinski definition) is 0. The van der Waals surface area contributed by atoms with Gasteiger partial charge in [-0.15, -0.1) is 0 Å². The SMILES string of the molecule is CCOC(=O)C1=C(c2ccccc2)N=C2SCC(=O)N2[C@H]1c1ccc(Cl)cc1. The fourth-order valence-corrected chi connectivity index (χ4v) is 4.34. The van der Waals surface area contributed by atoms with E-state index in [1.165, 1.54) is 11.8 Å². The first kappa shape index (κ1) is 18.8. The molecule has 0 aromatic heterocycles.